The van der Waals surface area contributed by atoms with E-state index in [2.05, 4.69) is 23.9 Å². The number of fused-ring (bicyclic) bond motifs is 1. The molecule has 7 nitrogen and oxygen atoms in total. The normalized spacial score (nSPS) is 11.4. The van der Waals surface area contributed by atoms with Crippen molar-refractivity contribution in [1.29, 1.82) is 0 Å². The van der Waals surface area contributed by atoms with Crippen LogP contribution in [-0.2, 0) is 29.1 Å². The van der Waals surface area contributed by atoms with Gasteiger partial charge in [0.1, 0.15) is 12.3 Å². The number of carbonyl (C=O) groups excluding carboxylic acids is 1. The van der Waals surface area contributed by atoms with Gasteiger partial charge in [-0.25, -0.2) is 4.98 Å². The topological polar surface area (TPSA) is 78.5 Å². The summed E-state index contributed by atoms with van der Waals surface area (Å²) < 4.78 is 8.68. The fourth-order valence-corrected chi connectivity index (χ4v) is 3.43. The van der Waals surface area contributed by atoms with Gasteiger partial charge >= 0.3 is 5.97 Å². The monoisotopic (exact) mass is 416 g/mol. The Labute approximate surface area is 174 Å². The minimum atomic E-state index is -0.335. The highest BCUT2D eigenvalue weighted by molar-refractivity contribution is 6.30. The van der Waals surface area contributed by atoms with Gasteiger partial charge in [0.15, 0.2) is 0 Å². The summed E-state index contributed by atoms with van der Waals surface area (Å²) in [5.41, 5.74) is 3.71. The number of ether oxygens (including phenoxy) is 1. The molecule has 0 radical (unpaired) electrons. The minimum absolute atomic E-state index is 0.0439. The Hall–Kier alpha value is -2.67. The molecule has 0 spiro atoms. The number of aryl methyl sites for hydroxylation is 1. The van der Waals surface area contributed by atoms with Crippen molar-refractivity contribution in [2.75, 3.05) is 0 Å². The number of carbonyl (C=O) groups is 1. The average molecular weight is 417 g/mol. The smallest absolute Gasteiger partial charge is 0.306 e. The molecule has 0 aliphatic rings. The zero-order valence-corrected chi connectivity index (χ0v) is 17.9. The highest BCUT2D eigenvalue weighted by Gasteiger charge is 2.15. The number of rotatable bonds is 7. The first-order valence-electron chi connectivity index (χ1n) is 9.61. The van der Waals surface area contributed by atoms with Crippen LogP contribution in [0.3, 0.4) is 0 Å². The number of hydrogen-bond donors (Lipinski definition) is 0. The maximum atomic E-state index is 12.2. The van der Waals surface area contributed by atoms with Gasteiger partial charge in [-0.1, -0.05) is 25.4 Å². The third-order valence-corrected chi connectivity index (χ3v) is 4.93. The van der Waals surface area contributed by atoms with Crippen LogP contribution in [0.15, 0.2) is 29.2 Å². The van der Waals surface area contributed by atoms with Crippen molar-refractivity contribution in [3.63, 3.8) is 0 Å². The first-order chi connectivity index (χ1) is 13.7. The van der Waals surface area contributed by atoms with Crippen LogP contribution >= 0.6 is 11.6 Å². The van der Waals surface area contributed by atoms with Crippen LogP contribution in [0, 0.1) is 19.8 Å². The Morgan fingerprint density at radius 3 is 2.76 bits per heavy atom. The van der Waals surface area contributed by atoms with Crippen molar-refractivity contribution in [2.45, 2.75) is 53.7 Å². The second-order valence-corrected chi connectivity index (χ2v) is 7.98. The van der Waals surface area contributed by atoms with Gasteiger partial charge in [0.25, 0.3) is 5.56 Å². The quantitative estimate of drug-likeness (QED) is 0.551. The molecule has 0 fully saturated rings. The number of aromatic nitrogens is 4. The molecule has 3 rings (SSSR count). The molecule has 0 N–H and O–H groups in total. The molecule has 0 saturated carbocycles. The summed E-state index contributed by atoms with van der Waals surface area (Å²) in [4.78, 5) is 28.7. The fourth-order valence-electron chi connectivity index (χ4n) is 3.27. The molecule has 0 aromatic carbocycles. The zero-order chi connectivity index (χ0) is 21.1. The molecule has 0 bridgehead atoms. The SMILES string of the molecule is Cc1nn(CC(C)C)c(C)c1CCC(=O)OCc1cc(=O)n2cc(Cl)ccc2n1. The molecule has 3 aromatic heterocycles. The van der Waals surface area contributed by atoms with E-state index in [1.807, 2.05) is 18.5 Å². The molecule has 8 heteroatoms. The van der Waals surface area contributed by atoms with Crippen LogP contribution in [0.2, 0.25) is 5.02 Å². The summed E-state index contributed by atoms with van der Waals surface area (Å²) in [5, 5.41) is 5.02. The van der Waals surface area contributed by atoms with Gasteiger partial charge in [-0.2, -0.15) is 5.10 Å². The lowest BCUT2D eigenvalue weighted by molar-refractivity contribution is -0.145. The van der Waals surface area contributed by atoms with Crippen molar-refractivity contribution in [2.24, 2.45) is 5.92 Å². The van der Waals surface area contributed by atoms with E-state index in [9.17, 15) is 9.59 Å². The molecule has 0 aliphatic carbocycles. The number of nitrogens with zero attached hydrogens (tertiary/aromatic N) is 4. The van der Waals surface area contributed by atoms with Crippen LogP contribution in [0.5, 0.6) is 0 Å². The lowest BCUT2D eigenvalue weighted by Gasteiger charge is -2.08. The van der Waals surface area contributed by atoms with Crippen LogP contribution in [0.25, 0.3) is 5.65 Å². The standard InChI is InChI=1S/C21H25ClN4O3/c1-13(2)10-26-15(4)18(14(3)24-26)6-8-21(28)29-12-17-9-20(27)25-11-16(22)5-7-19(25)23-17/h5,7,9,11,13H,6,8,10,12H2,1-4H3. The van der Waals surface area contributed by atoms with Crippen LogP contribution in [-0.4, -0.2) is 25.1 Å². The Kier molecular flexibility index (Phi) is 6.37. The predicted octanol–water partition coefficient (Wildman–Crippen LogP) is 3.49. The minimum Gasteiger partial charge on any atom is -0.459 e. The maximum Gasteiger partial charge on any atom is 0.306 e. The molecule has 0 atom stereocenters. The summed E-state index contributed by atoms with van der Waals surface area (Å²) >= 11 is 5.90. The first-order valence-corrected chi connectivity index (χ1v) is 9.98. The number of halogens is 1. The van der Waals surface area contributed by atoms with Crippen molar-refractivity contribution >= 4 is 23.2 Å². The van der Waals surface area contributed by atoms with Gasteiger partial charge in [0.05, 0.1) is 16.4 Å². The Morgan fingerprint density at radius 2 is 2.03 bits per heavy atom. The van der Waals surface area contributed by atoms with E-state index in [0.717, 1.165) is 23.5 Å². The lowest BCUT2D eigenvalue weighted by Crippen LogP contribution is -2.16. The van der Waals surface area contributed by atoms with E-state index in [1.165, 1.54) is 16.7 Å². The first kappa shape index (κ1) is 21.0. The molecule has 3 aromatic rings. The van der Waals surface area contributed by atoms with Crippen molar-refractivity contribution < 1.29 is 9.53 Å². The van der Waals surface area contributed by atoms with E-state index >= 15 is 0 Å². The molecular weight excluding hydrogens is 392 g/mol. The largest absolute Gasteiger partial charge is 0.459 e. The molecule has 154 valence electrons. The van der Waals surface area contributed by atoms with Gasteiger partial charge in [0, 0.05) is 30.9 Å². The summed E-state index contributed by atoms with van der Waals surface area (Å²) in [5.74, 6) is 0.166. The van der Waals surface area contributed by atoms with Crippen molar-refractivity contribution in [3.8, 4) is 0 Å². The highest BCUT2D eigenvalue weighted by Crippen LogP contribution is 2.17. The van der Waals surface area contributed by atoms with Crippen molar-refractivity contribution in [3.05, 3.63) is 62.4 Å². The third kappa shape index (κ3) is 5.03. The van der Waals surface area contributed by atoms with Crippen LogP contribution in [0.4, 0.5) is 0 Å². The Morgan fingerprint density at radius 1 is 1.28 bits per heavy atom. The van der Waals surface area contributed by atoms with Gasteiger partial charge in [-0.05, 0) is 43.9 Å². The molecule has 0 amide bonds. The lowest BCUT2D eigenvalue weighted by atomic mass is 10.1. The number of hydrogen-bond acceptors (Lipinski definition) is 5. The fraction of sp³-hybridized carbons (Fsp3) is 0.429. The molecule has 29 heavy (non-hydrogen) atoms. The number of pyridine rings is 1. The molecule has 0 aliphatic heterocycles. The van der Waals surface area contributed by atoms with Gasteiger partial charge in [0.2, 0.25) is 0 Å². The van der Waals surface area contributed by atoms with E-state index in [0.29, 0.717) is 28.7 Å². The average Bonchev–Trinajstić information content (AvgIpc) is 2.91. The summed E-state index contributed by atoms with van der Waals surface area (Å²) in [6.45, 7) is 9.09. The van der Waals surface area contributed by atoms with Crippen molar-refractivity contribution in [1.82, 2.24) is 19.2 Å². The summed E-state index contributed by atoms with van der Waals surface area (Å²) in [6.07, 6.45) is 2.32. The van der Waals surface area contributed by atoms with E-state index in [1.54, 1.807) is 12.1 Å². The molecule has 0 unspecified atom stereocenters. The molecule has 3 heterocycles. The van der Waals surface area contributed by atoms with E-state index in [-0.39, 0.29) is 24.6 Å². The van der Waals surface area contributed by atoms with Gasteiger partial charge in [-0.15, -0.1) is 0 Å². The molecule has 0 saturated heterocycles. The Bertz CT molecular complexity index is 1100. The van der Waals surface area contributed by atoms with E-state index in [4.69, 9.17) is 16.3 Å². The second-order valence-electron chi connectivity index (χ2n) is 7.55. The zero-order valence-electron chi connectivity index (χ0n) is 17.1. The molecular formula is C21H25ClN4O3. The van der Waals surface area contributed by atoms with E-state index < -0.39 is 0 Å². The van der Waals surface area contributed by atoms with Crippen LogP contribution < -0.4 is 5.56 Å². The number of esters is 1. The second kappa shape index (κ2) is 8.78. The predicted molar refractivity (Wildman–Crippen MR) is 111 cm³/mol. The summed E-state index contributed by atoms with van der Waals surface area (Å²) in [6, 6.07) is 4.65. The third-order valence-electron chi connectivity index (χ3n) is 4.71. The van der Waals surface area contributed by atoms with Gasteiger partial charge in [-0.3, -0.25) is 18.7 Å². The van der Waals surface area contributed by atoms with Gasteiger partial charge < -0.3 is 4.74 Å². The maximum absolute atomic E-state index is 12.2. The summed E-state index contributed by atoms with van der Waals surface area (Å²) in [7, 11) is 0. The Balaban J connectivity index is 1.61. The highest BCUT2D eigenvalue weighted by atomic mass is 35.5. The van der Waals surface area contributed by atoms with Crippen LogP contribution in [0.1, 0.15) is 42.9 Å².